The third-order valence-corrected chi connectivity index (χ3v) is 3.93. The zero-order valence-electron chi connectivity index (χ0n) is 14.5. The van der Waals surface area contributed by atoms with Crippen LogP contribution in [-0.2, 0) is 11.2 Å². The number of hydrogen-bond acceptors (Lipinski definition) is 4. The molecular formula is C18H23N3O3. The summed E-state index contributed by atoms with van der Waals surface area (Å²) in [5.41, 5.74) is 1.97. The minimum Gasteiger partial charge on any atom is -0.496 e. The Bertz CT molecular complexity index is 783. The van der Waals surface area contributed by atoms with Crippen LogP contribution >= 0.6 is 0 Å². The average Bonchev–Trinajstić information content (AvgIpc) is 2.53. The number of methoxy groups -OCH3 is 1. The second kappa shape index (κ2) is 7.77. The number of aromatic nitrogens is 2. The predicted octanol–water partition coefficient (Wildman–Crippen LogP) is 2.21. The van der Waals surface area contributed by atoms with Gasteiger partial charge in [-0.2, -0.15) is 0 Å². The molecule has 24 heavy (non-hydrogen) atoms. The molecule has 128 valence electrons. The third kappa shape index (κ3) is 4.22. The third-order valence-electron chi connectivity index (χ3n) is 3.93. The van der Waals surface area contributed by atoms with Crippen molar-refractivity contribution >= 4 is 5.91 Å². The highest BCUT2D eigenvalue weighted by atomic mass is 16.5. The highest BCUT2D eigenvalue weighted by Gasteiger charge is 2.15. The fourth-order valence-electron chi connectivity index (χ4n) is 2.70. The van der Waals surface area contributed by atoms with Gasteiger partial charge in [-0.3, -0.25) is 9.59 Å². The van der Waals surface area contributed by atoms with Crippen molar-refractivity contribution in [2.45, 2.75) is 39.7 Å². The molecule has 6 nitrogen and oxygen atoms in total. The van der Waals surface area contributed by atoms with Crippen LogP contribution in [-0.4, -0.2) is 23.0 Å². The van der Waals surface area contributed by atoms with Crippen LogP contribution in [0.1, 0.15) is 42.0 Å². The molecule has 1 unspecified atom stereocenters. The van der Waals surface area contributed by atoms with Gasteiger partial charge in [-0.1, -0.05) is 18.2 Å². The van der Waals surface area contributed by atoms with E-state index in [4.69, 9.17) is 4.74 Å². The second-order valence-electron chi connectivity index (χ2n) is 5.75. The van der Waals surface area contributed by atoms with Crippen molar-refractivity contribution in [3.8, 4) is 5.75 Å². The Morgan fingerprint density at radius 2 is 2.04 bits per heavy atom. The number of aromatic amines is 1. The van der Waals surface area contributed by atoms with Crippen molar-refractivity contribution in [2.75, 3.05) is 7.11 Å². The molecule has 1 aromatic heterocycles. The average molecular weight is 329 g/mol. The Morgan fingerprint density at radius 1 is 1.33 bits per heavy atom. The molecule has 0 fully saturated rings. The molecule has 0 saturated heterocycles. The van der Waals surface area contributed by atoms with Crippen LogP contribution in [0.2, 0.25) is 0 Å². The summed E-state index contributed by atoms with van der Waals surface area (Å²) in [5, 5.41) is 2.94. The number of carbonyl (C=O) groups excluding carboxylic acids is 1. The van der Waals surface area contributed by atoms with Crippen LogP contribution in [0.15, 0.2) is 29.1 Å². The zero-order valence-corrected chi connectivity index (χ0v) is 14.5. The lowest BCUT2D eigenvalue weighted by Crippen LogP contribution is -2.28. The van der Waals surface area contributed by atoms with E-state index < -0.39 is 0 Å². The van der Waals surface area contributed by atoms with Crippen LogP contribution < -0.4 is 15.6 Å². The SMILES string of the molecule is COc1ccccc1C(C)NC(=O)CCc1c(C)nc(C)[nH]c1=O. The van der Waals surface area contributed by atoms with Gasteiger partial charge in [0.2, 0.25) is 5.91 Å². The maximum absolute atomic E-state index is 12.2. The molecule has 0 bridgehead atoms. The molecule has 0 aliphatic rings. The molecule has 2 rings (SSSR count). The number of aryl methyl sites for hydroxylation is 2. The number of benzene rings is 1. The first kappa shape index (κ1) is 17.7. The molecule has 1 atom stereocenters. The number of hydrogen-bond donors (Lipinski definition) is 2. The molecule has 6 heteroatoms. The van der Waals surface area contributed by atoms with Gasteiger partial charge in [0.1, 0.15) is 11.6 Å². The van der Waals surface area contributed by atoms with E-state index in [1.54, 1.807) is 21.0 Å². The summed E-state index contributed by atoms with van der Waals surface area (Å²) in [6, 6.07) is 7.39. The minimum atomic E-state index is -0.177. The number of nitrogens with one attached hydrogen (secondary N) is 2. The molecule has 2 aromatic rings. The van der Waals surface area contributed by atoms with Gasteiger partial charge in [-0.05, 0) is 33.3 Å². The largest absolute Gasteiger partial charge is 0.496 e. The van der Waals surface area contributed by atoms with Gasteiger partial charge in [0, 0.05) is 23.2 Å². The van der Waals surface area contributed by atoms with Crippen LogP contribution in [0, 0.1) is 13.8 Å². The predicted molar refractivity (Wildman–Crippen MR) is 92.2 cm³/mol. The van der Waals surface area contributed by atoms with E-state index in [0.29, 0.717) is 23.5 Å². The summed E-state index contributed by atoms with van der Waals surface area (Å²) in [5.74, 6) is 1.20. The number of ether oxygens (including phenoxy) is 1. The summed E-state index contributed by atoms with van der Waals surface area (Å²) in [7, 11) is 1.60. The first-order chi connectivity index (χ1) is 11.4. The van der Waals surface area contributed by atoms with Gasteiger partial charge in [-0.25, -0.2) is 4.98 Å². The number of rotatable bonds is 6. The summed E-state index contributed by atoms with van der Waals surface area (Å²) >= 11 is 0. The van der Waals surface area contributed by atoms with Gasteiger partial charge >= 0.3 is 0 Å². The summed E-state index contributed by atoms with van der Waals surface area (Å²) < 4.78 is 5.31. The van der Waals surface area contributed by atoms with E-state index in [9.17, 15) is 9.59 Å². The fourth-order valence-corrected chi connectivity index (χ4v) is 2.70. The van der Waals surface area contributed by atoms with E-state index in [1.807, 2.05) is 31.2 Å². The normalized spacial score (nSPS) is 11.8. The van der Waals surface area contributed by atoms with Crippen LogP contribution in [0.25, 0.3) is 0 Å². The first-order valence-electron chi connectivity index (χ1n) is 7.91. The van der Waals surface area contributed by atoms with Crippen molar-refractivity contribution in [3.63, 3.8) is 0 Å². The van der Waals surface area contributed by atoms with Crippen molar-refractivity contribution in [2.24, 2.45) is 0 Å². The smallest absolute Gasteiger partial charge is 0.254 e. The highest BCUT2D eigenvalue weighted by Crippen LogP contribution is 2.24. The van der Waals surface area contributed by atoms with E-state index in [0.717, 1.165) is 11.3 Å². The van der Waals surface area contributed by atoms with E-state index >= 15 is 0 Å². The molecule has 0 aliphatic carbocycles. The molecule has 1 aromatic carbocycles. The number of para-hydroxylation sites is 1. The van der Waals surface area contributed by atoms with E-state index in [1.165, 1.54) is 0 Å². The highest BCUT2D eigenvalue weighted by molar-refractivity contribution is 5.76. The standard InChI is InChI=1S/C18H23N3O3/c1-11(14-7-5-6-8-16(14)24-4)20-17(22)10-9-15-12(2)19-13(3)21-18(15)23/h5-8,11H,9-10H2,1-4H3,(H,20,22)(H,19,21,23). The van der Waals surface area contributed by atoms with Gasteiger partial charge in [0.25, 0.3) is 5.56 Å². The number of nitrogens with zero attached hydrogens (tertiary/aromatic N) is 1. The molecule has 1 amide bonds. The van der Waals surface area contributed by atoms with Gasteiger partial charge in [0.05, 0.1) is 13.2 Å². The molecule has 1 heterocycles. The lowest BCUT2D eigenvalue weighted by Gasteiger charge is -2.17. The quantitative estimate of drug-likeness (QED) is 0.851. The number of carbonyl (C=O) groups is 1. The maximum Gasteiger partial charge on any atom is 0.254 e. The maximum atomic E-state index is 12.2. The lowest BCUT2D eigenvalue weighted by atomic mass is 10.1. The first-order valence-corrected chi connectivity index (χ1v) is 7.91. The minimum absolute atomic E-state index is 0.118. The Labute approximate surface area is 141 Å². The molecule has 0 radical (unpaired) electrons. The Kier molecular flexibility index (Phi) is 5.73. The Balaban J connectivity index is 2.00. The number of amides is 1. The summed E-state index contributed by atoms with van der Waals surface area (Å²) in [6.07, 6.45) is 0.590. The molecule has 0 spiro atoms. The van der Waals surface area contributed by atoms with Crippen molar-refractivity contribution in [1.82, 2.24) is 15.3 Å². The molecule has 2 N–H and O–H groups in total. The summed E-state index contributed by atoms with van der Waals surface area (Å²) in [6.45, 7) is 5.42. The zero-order chi connectivity index (χ0) is 17.7. The van der Waals surface area contributed by atoms with Crippen molar-refractivity contribution < 1.29 is 9.53 Å². The topological polar surface area (TPSA) is 84.1 Å². The second-order valence-corrected chi connectivity index (χ2v) is 5.75. The number of H-pyrrole nitrogens is 1. The van der Waals surface area contributed by atoms with Gasteiger partial charge in [0.15, 0.2) is 0 Å². The Hall–Kier alpha value is -2.63. The lowest BCUT2D eigenvalue weighted by molar-refractivity contribution is -0.121. The van der Waals surface area contributed by atoms with Crippen LogP contribution in [0.5, 0.6) is 5.75 Å². The monoisotopic (exact) mass is 329 g/mol. The van der Waals surface area contributed by atoms with Gasteiger partial charge < -0.3 is 15.0 Å². The summed E-state index contributed by atoms with van der Waals surface area (Å²) in [4.78, 5) is 31.1. The van der Waals surface area contributed by atoms with E-state index in [-0.39, 0.29) is 23.9 Å². The molecular weight excluding hydrogens is 306 g/mol. The Morgan fingerprint density at radius 3 is 2.71 bits per heavy atom. The fraction of sp³-hybridized carbons (Fsp3) is 0.389. The van der Waals surface area contributed by atoms with Crippen molar-refractivity contribution in [1.29, 1.82) is 0 Å². The van der Waals surface area contributed by atoms with Gasteiger partial charge in [-0.15, -0.1) is 0 Å². The van der Waals surface area contributed by atoms with Crippen LogP contribution in [0.4, 0.5) is 0 Å². The molecule has 0 aliphatic heterocycles. The van der Waals surface area contributed by atoms with Crippen LogP contribution in [0.3, 0.4) is 0 Å². The van der Waals surface area contributed by atoms with E-state index in [2.05, 4.69) is 15.3 Å². The van der Waals surface area contributed by atoms with Crippen molar-refractivity contribution in [3.05, 3.63) is 57.3 Å². The molecule has 0 saturated carbocycles.